The molecule has 1 aromatic carbocycles. The van der Waals surface area contributed by atoms with E-state index in [1.54, 1.807) is 7.11 Å². The maximum absolute atomic E-state index is 11.8. The highest BCUT2D eigenvalue weighted by Gasteiger charge is 2.11. The van der Waals surface area contributed by atoms with Crippen molar-refractivity contribution < 1.29 is 14.3 Å². The lowest BCUT2D eigenvalue weighted by Crippen LogP contribution is -2.07. The molecule has 6 heteroatoms. The van der Waals surface area contributed by atoms with Gasteiger partial charge in [0.2, 0.25) is 0 Å². The highest BCUT2D eigenvalue weighted by Crippen LogP contribution is 2.21. The summed E-state index contributed by atoms with van der Waals surface area (Å²) in [4.78, 5) is 16.8. The molecular weight excluding hydrogens is 294 g/mol. The molecule has 0 amide bonds. The molecule has 1 heterocycles. The van der Waals surface area contributed by atoms with Crippen LogP contribution in [-0.2, 0) is 22.6 Å². The molecule has 20 heavy (non-hydrogen) atoms. The normalized spacial score (nSPS) is 10.3. The predicted molar refractivity (Wildman–Crippen MR) is 80.6 cm³/mol. The van der Waals surface area contributed by atoms with Gasteiger partial charge in [-0.3, -0.25) is 4.79 Å². The molecule has 0 fully saturated rings. The van der Waals surface area contributed by atoms with Crippen LogP contribution >= 0.6 is 24.0 Å². The molecule has 0 aliphatic rings. The van der Waals surface area contributed by atoms with Crippen molar-refractivity contribution in [1.82, 2.24) is 4.98 Å². The number of hydrogen-bond donors (Lipinski definition) is 1. The lowest BCUT2D eigenvalue weighted by Gasteiger charge is -2.05. The van der Waals surface area contributed by atoms with Gasteiger partial charge in [0.25, 0.3) is 0 Å². The molecule has 0 unspecified atom stereocenters. The number of thiol groups is 1. The Bertz CT molecular complexity index is 593. The number of thiazole rings is 1. The van der Waals surface area contributed by atoms with Crippen molar-refractivity contribution in [2.24, 2.45) is 0 Å². The van der Waals surface area contributed by atoms with Crippen molar-refractivity contribution in [3.8, 4) is 5.75 Å². The first kappa shape index (κ1) is 14.9. The molecule has 2 aromatic rings. The summed E-state index contributed by atoms with van der Waals surface area (Å²) >= 11 is 5.57. The Morgan fingerprint density at radius 3 is 2.60 bits per heavy atom. The minimum absolute atomic E-state index is 0.236. The first-order valence-corrected chi connectivity index (χ1v) is 7.28. The van der Waals surface area contributed by atoms with Crippen LogP contribution < -0.4 is 4.74 Å². The van der Waals surface area contributed by atoms with E-state index in [2.05, 4.69) is 17.6 Å². The van der Waals surface area contributed by atoms with Gasteiger partial charge in [-0.05, 0) is 24.6 Å². The number of ether oxygens (including phenoxy) is 2. The molecule has 0 aliphatic carbocycles. The maximum atomic E-state index is 11.8. The molecule has 0 atom stereocenters. The van der Waals surface area contributed by atoms with E-state index in [0.717, 1.165) is 21.9 Å². The van der Waals surface area contributed by atoms with E-state index < -0.39 is 0 Å². The van der Waals surface area contributed by atoms with E-state index in [1.165, 1.54) is 11.3 Å². The summed E-state index contributed by atoms with van der Waals surface area (Å²) in [5.74, 6) is 0.516. The van der Waals surface area contributed by atoms with Crippen LogP contribution in [0.2, 0.25) is 0 Å². The SMILES string of the molecule is COc1ccc(COC(=O)Cc2sc(S)nc2C)cc1. The number of aromatic nitrogens is 1. The summed E-state index contributed by atoms with van der Waals surface area (Å²) in [7, 11) is 1.61. The van der Waals surface area contributed by atoms with Gasteiger partial charge in [-0.1, -0.05) is 12.1 Å². The lowest BCUT2D eigenvalue weighted by atomic mass is 10.2. The molecule has 0 spiro atoms. The van der Waals surface area contributed by atoms with E-state index >= 15 is 0 Å². The number of methoxy groups -OCH3 is 1. The number of nitrogens with zero attached hydrogens (tertiary/aromatic N) is 1. The van der Waals surface area contributed by atoms with Gasteiger partial charge in [-0.25, -0.2) is 4.98 Å². The third-order valence-electron chi connectivity index (χ3n) is 2.75. The molecule has 0 bridgehead atoms. The van der Waals surface area contributed by atoms with Crippen LogP contribution in [-0.4, -0.2) is 18.1 Å². The second-order valence-electron chi connectivity index (χ2n) is 4.19. The highest BCUT2D eigenvalue weighted by molar-refractivity contribution is 7.82. The van der Waals surface area contributed by atoms with Crippen LogP contribution in [0.5, 0.6) is 5.75 Å². The molecule has 4 nitrogen and oxygen atoms in total. The average molecular weight is 309 g/mol. The molecule has 0 saturated carbocycles. The van der Waals surface area contributed by atoms with Crippen LogP contribution in [0.25, 0.3) is 0 Å². The van der Waals surface area contributed by atoms with Gasteiger partial charge in [0.05, 0.1) is 19.2 Å². The predicted octanol–water partition coefficient (Wildman–Crippen LogP) is 3.03. The van der Waals surface area contributed by atoms with Gasteiger partial charge in [0.1, 0.15) is 16.7 Å². The summed E-state index contributed by atoms with van der Waals surface area (Å²) in [6.07, 6.45) is 0.236. The number of carbonyl (C=O) groups is 1. The monoisotopic (exact) mass is 309 g/mol. The summed E-state index contributed by atoms with van der Waals surface area (Å²) in [6, 6.07) is 7.42. The second-order valence-corrected chi connectivity index (χ2v) is 6.00. The molecule has 0 N–H and O–H groups in total. The van der Waals surface area contributed by atoms with Crippen molar-refractivity contribution in [3.63, 3.8) is 0 Å². The first-order valence-electron chi connectivity index (χ1n) is 6.02. The first-order chi connectivity index (χ1) is 9.58. The topological polar surface area (TPSA) is 48.4 Å². The Morgan fingerprint density at radius 1 is 1.35 bits per heavy atom. The molecular formula is C14H15NO3S2. The van der Waals surface area contributed by atoms with E-state index in [9.17, 15) is 4.79 Å². The van der Waals surface area contributed by atoms with Crippen LogP contribution in [0.3, 0.4) is 0 Å². The molecule has 0 aliphatic heterocycles. The number of benzene rings is 1. The number of rotatable bonds is 5. The Kier molecular flexibility index (Phi) is 5.03. The molecule has 1 aromatic heterocycles. The van der Waals surface area contributed by atoms with Crippen LogP contribution in [0.1, 0.15) is 16.1 Å². The van der Waals surface area contributed by atoms with Crippen LogP contribution in [0, 0.1) is 6.92 Å². The molecule has 106 valence electrons. The maximum Gasteiger partial charge on any atom is 0.311 e. The summed E-state index contributed by atoms with van der Waals surface area (Å²) < 4.78 is 11.0. The van der Waals surface area contributed by atoms with E-state index in [1.807, 2.05) is 31.2 Å². The van der Waals surface area contributed by atoms with Crippen molar-refractivity contribution in [1.29, 1.82) is 0 Å². The minimum atomic E-state index is -0.263. The fraction of sp³-hybridized carbons (Fsp3) is 0.286. The van der Waals surface area contributed by atoms with Gasteiger partial charge >= 0.3 is 5.97 Å². The summed E-state index contributed by atoms with van der Waals surface area (Å²) in [5.41, 5.74) is 1.76. The van der Waals surface area contributed by atoms with Crippen molar-refractivity contribution in [3.05, 3.63) is 40.4 Å². The average Bonchev–Trinajstić information content (AvgIpc) is 2.75. The zero-order valence-electron chi connectivity index (χ0n) is 11.3. The third-order valence-corrected chi connectivity index (χ3v) is 4.08. The zero-order valence-corrected chi connectivity index (χ0v) is 13.0. The quantitative estimate of drug-likeness (QED) is 0.681. The summed E-state index contributed by atoms with van der Waals surface area (Å²) in [6.45, 7) is 2.12. The van der Waals surface area contributed by atoms with E-state index in [0.29, 0.717) is 4.34 Å². The van der Waals surface area contributed by atoms with Gasteiger partial charge in [0.15, 0.2) is 0 Å². The Morgan fingerprint density at radius 2 is 2.05 bits per heavy atom. The Hall–Kier alpha value is -1.53. The van der Waals surface area contributed by atoms with Crippen LogP contribution in [0.4, 0.5) is 0 Å². The third kappa shape index (κ3) is 3.98. The number of esters is 1. The highest BCUT2D eigenvalue weighted by atomic mass is 32.2. The van der Waals surface area contributed by atoms with Crippen molar-refractivity contribution >= 4 is 29.9 Å². The Labute approximate surface area is 127 Å². The van der Waals surface area contributed by atoms with E-state index in [-0.39, 0.29) is 19.0 Å². The summed E-state index contributed by atoms with van der Waals surface area (Å²) in [5, 5.41) is 0. The van der Waals surface area contributed by atoms with Gasteiger partial charge in [0, 0.05) is 4.88 Å². The largest absolute Gasteiger partial charge is 0.497 e. The van der Waals surface area contributed by atoms with E-state index in [4.69, 9.17) is 9.47 Å². The number of aryl methyl sites for hydroxylation is 1. The fourth-order valence-corrected chi connectivity index (χ4v) is 2.91. The zero-order chi connectivity index (χ0) is 14.5. The number of carbonyl (C=O) groups excluding carboxylic acids is 1. The fourth-order valence-electron chi connectivity index (χ4n) is 1.64. The minimum Gasteiger partial charge on any atom is -0.497 e. The molecule has 0 saturated heterocycles. The lowest BCUT2D eigenvalue weighted by molar-refractivity contribution is -0.144. The Balaban J connectivity index is 1.87. The standard InChI is InChI=1S/C14H15NO3S2/c1-9-12(20-14(19)15-9)7-13(16)18-8-10-3-5-11(17-2)6-4-10/h3-6H,7-8H2,1-2H3,(H,15,19). The molecule has 2 rings (SSSR count). The molecule has 0 radical (unpaired) electrons. The van der Waals surface area contributed by atoms with Gasteiger partial charge in [-0.2, -0.15) is 0 Å². The smallest absolute Gasteiger partial charge is 0.311 e. The number of hydrogen-bond acceptors (Lipinski definition) is 6. The van der Waals surface area contributed by atoms with Crippen molar-refractivity contribution in [2.45, 2.75) is 24.3 Å². The van der Waals surface area contributed by atoms with Crippen molar-refractivity contribution in [2.75, 3.05) is 7.11 Å². The second kappa shape index (κ2) is 6.76. The van der Waals surface area contributed by atoms with Gasteiger partial charge < -0.3 is 9.47 Å². The van der Waals surface area contributed by atoms with Crippen LogP contribution in [0.15, 0.2) is 28.6 Å². The van der Waals surface area contributed by atoms with Gasteiger partial charge in [-0.15, -0.1) is 24.0 Å².